The monoisotopic (exact) mass is 333 g/mol. The number of aliphatic hydroxyl groups excluding tert-OH is 1. The lowest BCUT2D eigenvalue weighted by Crippen LogP contribution is -2.55. The highest BCUT2D eigenvalue weighted by molar-refractivity contribution is 5.86. The second kappa shape index (κ2) is 6.66. The number of nitrogens with one attached hydrogen (secondary N) is 2. The van der Waals surface area contributed by atoms with Crippen molar-refractivity contribution in [2.24, 2.45) is 0 Å². The fraction of sp³-hybridized carbons (Fsp3) is 0.647. The largest absolute Gasteiger partial charge is 0.365 e. The Balaban J connectivity index is 1.73. The molecule has 3 rings (SSSR count). The van der Waals surface area contributed by atoms with E-state index in [0.717, 1.165) is 36.2 Å². The number of likely N-dealkylation sites (tertiary alicyclic amines) is 1. The van der Waals surface area contributed by atoms with Gasteiger partial charge in [-0.15, -0.1) is 0 Å². The van der Waals surface area contributed by atoms with Gasteiger partial charge in [-0.3, -0.25) is 4.90 Å². The Labute approximate surface area is 142 Å². The number of H-pyrrole nitrogens is 1. The molecule has 1 aliphatic heterocycles. The number of nitrogens with zero attached hydrogens (tertiary/aromatic N) is 3. The van der Waals surface area contributed by atoms with Crippen LogP contribution in [0.4, 0.5) is 5.82 Å². The normalized spacial score (nSPS) is 24.2. The molecule has 132 valence electrons. The summed E-state index contributed by atoms with van der Waals surface area (Å²) in [5, 5.41) is 15.0. The van der Waals surface area contributed by atoms with Crippen LogP contribution in [0.15, 0.2) is 18.6 Å². The van der Waals surface area contributed by atoms with Gasteiger partial charge in [0, 0.05) is 24.8 Å². The molecule has 0 aliphatic carbocycles. The van der Waals surface area contributed by atoms with Crippen molar-refractivity contribution in [2.45, 2.75) is 64.6 Å². The second-order valence-corrected chi connectivity index (χ2v) is 7.39. The minimum Gasteiger partial charge on any atom is -0.365 e. The maximum Gasteiger partial charge on any atom is 0.216 e. The topological polar surface area (TPSA) is 86.3 Å². The molecular formula is C17H27N5O2. The lowest BCUT2D eigenvalue weighted by atomic mass is 9.97. The standard InChI is InChI=1S/C17H27N5O2/c1-11-13(6-5-9-22(11)16(23)24-17(2,3)4)21-15-12-7-8-18-14(12)19-10-20-15/h7-8,10-11,13,16,23H,5-6,9H2,1-4H3,(H2,18,19,20,21). The zero-order valence-corrected chi connectivity index (χ0v) is 14.8. The number of fused-ring (bicyclic) bond motifs is 1. The van der Waals surface area contributed by atoms with Crippen molar-refractivity contribution >= 4 is 16.9 Å². The molecule has 0 bridgehead atoms. The van der Waals surface area contributed by atoms with Crippen LogP contribution in [0.5, 0.6) is 0 Å². The maximum atomic E-state index is 10.4. The zero-order chi connectivity index (χ0) is 17.3. The smallest absolute Gasteiger partial charge is 0.216 e. The molecule has 0 amide bonds. The van der Waals surface area contributed by atoms with Crippen LogP contribution in [0.3, 0.4) is 0 Å². The molecule has 7 nitrogen and oxygen atoms in total. The van der Waals surface area contributed by atoms with E-state index in [9.17, 15) is 5.11 Å². The minimum absolute atomic E-state index is 0.125. The molecule has 7 heteroatoms. The highest BCUT2D eigenvalue weighted by Crippen LogP contribution is 2.26. The Morgan fingerprint density at radius 2 is 2.21 bits per heavy atom. The van der Waals surface area contributed by atoms with Crippen molar-refractivity contribution in [3.05, 3.63) is 18.6 Å². The van der Waals surface area contributed by atoms with Gasteiger partial charge in [0.25, 0.3) is 0 Å². The predicted molar refractivity (Wildman–Crippen MR) is 93.5 cm³/mol. The number of anilines is 1. The molecule has 2 aromatic rings. The summed E-state index contributed by atoms with van der Waals surface area (Å²) in [6.07, 6.45) is 4.54. The molecular weight excluding hydrogens is 306 g/mol. The van der Waals surface area contributed by atoms with E-state index in [4.69, 9.17) is 4.74 Å². The summed E-state index contributed by atoms with van der Waals surface area (Å²) in [4.78, 5) is 13.7. The molecule has 0 saturated carbocycles. The number of aromatic nitrogens is 3. The molecule has 1 fully saturated rings. The van der Waals surface area contributed by atoms with Gasteiger partial charge < -0.3 is 20.1 Å². The third-order valence-corrected chi connectivity index (χ3v) is 4.46. The van der Waals surface area contributed by atoms with Crippen molar-refractivity contribution in [1.82, 2.24) is 19.9 Å². The third kappa shape index (κ3) is 3.68. The first-order valence-corrected chi connectivity index (χ1v) is 8.51. The number of ether oxygens (including phenoxy) is 1. The van der Waals surface area contributed by atoms with E-state index < -0.39 is 6.41 Å². The van der Waals surface area contributed by atoms with E-state index in [1.54, 1.807) is 6.33 Å². The first kappa shape index (κ1) is 17.1. The van der Waals surface area contributed by atoms with Gasteiger partial charge in [-0.2, -0.15) is 0 Å². The summed E-state index contributed by atoms with van der Waals surface area (Å²) < 4.78 is 5.73. The van der Waals surface area contributed by atoms with Crippen LogP contribution in [0, 0.1) is 0 Å². The van der Waals surface area contributed by atoms with Gasteiger partial charge >= 0.3 is 0 Å². The van der Waals surface area contributed by atoms with Gasteiger partial charge in [0.15, 0.2) is 0 Å². The van der Waals surface area contributed by atoms with Crippen LogP contribution in [-0.4, -0.2) is 55.6 Å². The molecule has 3 N–H and O–H groups in total. The van der Waals surface area contributed by atoms with Crippen LogP contribution >= 0.6 is 0 Å². The van der Waals surface area contributed by atoms with Gasteiger partial charge in [-0.05, 0) is 46.6 Å². The lowest BCUT2D eigenvalue weighted by molar-refractivity contribution is -0.251. The van der Waals surface area contributed by atoms with Gasteiger partial charge in [-0.1, -0.05) is 0 Å². The Hall–Kier alpha value is -1.70. The fourth-order valence-electron chi connectivity index (χ4n) is 3.22. The van der Waals surface area contributed by atoms with Crippen LogP contribution < -0.4 is 5.32 Å². The van der Waals surface area contributed by atoms with Gasteiger partial charge in [0.1, 0.15) is 17.8 Å². The van der Waals surface area contributed by atoms with E-state index in [2.05, 4.69) is 27.2 Å². The summed E-state index contributed by atoms with van der Waals surface area (Å²) in [5.74, 6) is 0.825. The molecule has 24 heavy (non-hydrogen) atoms. The molecule has 2 aromatic heterocycles. The average Bonchev–Trinajstić information content (AvgIpc) is 2.97. The van der Waals surface area contributed by atoms with Crippen molar-refractivity contribution in [3.63, 3.8) is 0 Å². The third-order valence-electron chi connectivity index (χ3n) is 4.46. The number of piperidine rings is 1. The lowest BCUT2D eigenvalue weighted by Gasteiger charge is -2.43. The average molecular weight is 333 g/mol. The van der Waals surface area contributed by atoms with Crippen LogP contribution in [-0.2, 0) is 4.74 Å². The molecule has 1 saturated heterocycles. The van der Waals surface area contributed by atoms with Gasteiger partial charge in [-0.25, -0.2) is 9.97 Å². The maximum absolute atomic E-state index is 10.4. The Morgan fingerprint density at radius 3 is 2.96 bits per heavy atom. The first-order valence-electron chi connectivity index (χ1n) is 8.51. The Morgan fingerprint density at radius 1 is 1.42 bits per heavy atom. The van der Waals surface area contributed by atoms with E-state index in [1.807, 2.05) is 37.9 Å². The van der Waals surface area contributed by atoms with Crippen LogP contribution in [0.1, 0.15) is 40.5 Å². The summed E-state index contributed by atoms with van der Waals surface area (Å²) >= 11 is 0. The Kier molecular flexibility index (Phi) is 4.76. The number of rotatable bonds is 4. The molecule has 3 unspecified atom stereocenters. The number of hydrogen-bond acceptors (Lipinski definition) is 6. The first-order chi connectivity index (χ1) is 11.3. The quantitative estimate of drug-likeness (QED) is 0.745. The second-order valence-electron chi connectivity index (χ2n) is 7.39. The fourth-order valence-corrected chi connectivity index (χ4v) is 3.22. The van der Waals surface area contributed by atoms with Gasteiger partial charge in [0.05, 0.1) is 11.0 Å². The summed E-state index contributed by atoms with van der Waals surface area (Å²) in [6.45, 7) is 8.78. The molecule has 0 radical (unpaired) electrons. The SMILES string of the molecule is CC1C(Nc2ncnc3[nH]ccc23)CCCN1C(O)OC(C)(C)C. The minimum atomic E-state index is -0.901. The number of aromatic amines is 1. The van der Waals surface area contributed by atoms with Crippen molar-refractivity contribution in [2.75, 3.05) is 11.9 Å². The summed E-state index contributed by atoms with van der Waals surface area (Å²) in [7, 11) is 0. The number of hydrogen-bond donors (Lipinski definition) is 3. The predicted octanol–water partition coefficient (Wildman–Crippen LogP) is 2.31. The highest BCUT2D eigenvalue weighted by Gasteiger charge is 2.34. The molecule has 0 aromatic carbocycles. The van der Waals surface area contributed by atoms with Crippen molar-refractivity contribution < 1.29 is 9.84 Å². The highest BCUT2D eigenvalue weighted by atomic mass is 16.6. The van der Waals surface area contributed by atoms with E-state index in [0.29, 0.717) is 0 Å². The van der Waals surface area contributed by atoms with Crippen molar-refractivity contribution in [3.8, 4) is 0 Å². The van der Waals surface area contributed by atoms with E-state index in [-0.39, 0.29) is 17.7 Å². The van der Waals surface area contributed by atoms with Crippen molar-refractivity contribution in [1.29, 1.82) is 0 Å². The Bertz CT molecular complexity index is 681. The van der Waals surface area contributed by atoms with Crippen LogP contribution in [0.2, 0.25) is 0 Å². The van der Waals surface area contributed by atoms with Gasteiger partial charge in [0.2, 0.25) is 6.41 Å². The molecule has 1 aliphatic rings. The molecule has 3 heterocycles. The summed E-state index contributed by atoms with van der Waals surface area (Å²) in [6, 6.07) is 2.28. The molecule has 3 atom stereocenters. The number of aliphatic hydroxyl groups is 1. The van der Waals surface area contributed by atoms with E-state index >= 15 is 0 Å². The molecule has 0 spiro atoms. The van der Waals surface area contributed by atoms with Crippen LogP contribution in [0.25, 0.3) is 11.0 Å². The summed E-state index contributed by atoms with van der Waals surface area (Å²) in [5.41, 5.74) is 0.438. The van der Waals surface area contributed by atoms with E-state index in [1.165, 1.54) is 0 Å². The zero-order valence-electron chi connectivity index (χ0n) is 14.8.